The molecule has 1 aliphatic heterocycles. The molecule has 0 aliphatic carbocycles. The summed E-state index contributed by atoms with van der Waals surface area (Å²) < 4.78 is 37.8. The first-order valence-corrected chi connectivity index (χ1v) is 11.7. The molecule has 1 amide bonds. The van der Waals surface area contributed by atoms with Gasteiger partial charge in [0.25, 0.3) is 5.91 Å². The van der Waals surface area contributed by atoms with Gasteiger partial charge in [-0.1, -0.05) is 18.5 Å². The number of carbonyl (C=O) groups is 2. The van der Waals surface area contributed by atoms with Crippen molar-refractivity contribution in [2.75, 3.05) is 26.7 Å². The molecule has 0 radical (unpaired) electrons. The zero-order chi connectivity index (χ0) is 22.6. The van der Waals surface area contributed by atoms with Crippen LogP contribution < -0.4 is 0 Å². The summed E-state index contributed by atoms with van der Waals surface area (Å²) in [4.78, 5) is 25.9. The number of carbonyl (C=O) groups excluding carboxylic acids is 2. The molecule has 31 heavy (non-hydrogen) atoms. The Morgan fingerprint density at radius 1 is 1.32 bits per heavy atom. The first kappa shape index (κ1) is 23.3. The number of halogens is 1. The number of sulfonamides is 1. The minimum absolute atomic E-state index is 0.00882. The number of amides is 1. The quantitative estimate of drug-likeness (QED) is 0.579. The van der Waals surface area contributed by atoms with Gasteiger partial charge in [-0.25, -0.2) is 13.2 Å². The molecule has 8 nitrogen and oxygen atoms in total. The molecule has 1 fully saturated rings. The van der Waals surface area contributed by atoms with Crippen molar-refractivity contribution >= 4 is 33.5 Å². The van der Waals surface area contributed by atoms with Gasteiger partial charge < -0.3 is 14.1 Å². The summed E-state index contributed by atoms with van der Waals surface area (Å²) in [6.07, 6.45) is 3.24. The van der Waals surface area contributed by atoms with Crippen LogP contribution in [0.1, 0.15) is 35.9 Å². The highest BCUT2D eigenvalue weighted by Crippen LogP contribution is 2.29. The fourth-order valence-corrected chi connectivity index (χ4v) is 5.48. The Hall–Kier alpha value is -2.36. The predicted octanol–water partition coefficient (Wildman–Crippen LogP) is 3.17. The molecule has 1 saturated heterocycles. The number of rotatable bonds is 7. The molecule has 1 aromatic carbocycles. The van der Waals surface area contributed by atoms with Crippen LogP contribution in [0.3, 0.4) is 0 Å². The van der Waals surface area contributed by atoms with Crippen molar-refractivity contribution in [3.63, 3.8) is 0 Å². The normalized spacial score (nSPS) is 17.3. The van der Waals surface area contributed by atoms with E-state index in [1.165, 1.54) is 33.7 Å². The van der Waals surface area contributed by atoms with E-state index in [0.717, 1.165) is 12.8 Å². The molecule has 1 unspecified atom stereocenters. The molecule has 2 aromatic rings. The number of furan rings is 1. The van der Waals surface area contributed by atoms with E-state index in [1.54, 1.807) is 19.2 Å². The molecule has 0 N–H and O–H groups in total. The van der Waals surface area contributed by atoms with Crippen LogP contribution in [0.15, 0.2) is 45.9 Å². The van der Waals surface area contributed by atoms with Crippen LogP contribution in [0.25, 0.3) is 0 Å². The molecule has 0 saturated carbocycles. The summed E-state index contributed by atoms with van der Waals surface area (Å²) in [6.45, 7) is 2.57. The zero-order valence-corrected chi connectivity index (χ0v) is 19.0. The fraction of sp³-hybridized carbons (Fsp3) is 0.429. The Morgan fingerprint density at radius 2 is 2.10 bits per heavy atom. The lowest BCUT2D eigenvalue weighted by Gasteiger charge is -2.30. The number of esters is 1. The Morgan fingerprint density at radius 3 is 2.77 bits per heavy atom. The van der Waals surface area contributed by atoms with Crippen LogP contribution >= 0.6 is 11.6 Å². The van der Waals surface area contributed by atoms with Gasteiger partial charge in [0, 0.05) is 20.1 Å². The van der Waals surface area contributed by atoms with Gasteiger partial charge in [-0.15, -0.1) is 0 Å². The van der Waals surface area contributed by atoms with Crippen LogP contribution in [0.2, 0.25) is 5.02 Å². The number of piperidine rings is 1. The smallest absolute Gasteiger partial charge is 0.338 e. The minimum Gasteiger partial charge on any atom is -0.467 e. The Kier molecular flexibility index (Phi) is 7.40. The highest BCUT2D eigenvalue weighted by molar-refractivity contribution is 7.89. The van der Waals surface area contributed by atoms with Crippen molar-refractivity contribution in [2.45, 2.75) is 31.2 Å². The van der Waals surface area contributed by atoms with Crippen molar-refractivity contribution in [2.24, 2.45) is 5.92 Å². The Labute approximate surface area is 186 Å². The van der Waals surface area contributed by atoms with Crippen LogP contribution in [0.5, 0.6) is 0 Å². The number of likely N-dealkylation sites (N-methyl/N-ethyl adjacent to an activating group) is 1. The SMILES string of the molecule is CC1CCCN(S(=O)(=O)c2cc(C(=O)OCC(=O)N(C)Cc3ccco3)ccc2Cl)C1. The molecule has 1 aliphatic rings. The number of hydrogen-bond acceptors (Lipinski definition) is 6. The van der Waals surface area contributed by atoms with Crippen molar-refractivity contribution in [3.8, 4) is 0 Å². The molecule has 0 bridgehead atoms. The predicted molar refractivity (Wildman–Crippen MR) is 114 cm³/mol. The third-order valence-corrected chi connectivity index (χ3v) is 7.48. The number of benzene rings is 1. The molecule has 10 heteroatoms. The average Bonchev–Trinajstić information content (AvgIpc) is 3.25. The van der Waals surface area contributed by atoms with Gasteiger partial charge in [0.05, 0.1) is 23.4 Å². The first-order valence-electron chi connectivity index (χ1n) is 9.91. The van der Waals surface area contributed by atoms with Gasteiger partial charge in [0.15, 0.2) is 6.61 Å². The summed E-state index contributed by atoms with van der Waals surface area (Å²) in [5, 5.41) is 0.0315. The second kappa shape index (κ2) is 9.84. The molecule has 2 heterocycles. The monoisotopic (exact) mass is 468 g/mol. The maximum absolute atomic E-state index is 13.1. The minimum atomic E-state index is -3.85. The number of hydrogen-bond donors (Lipinski definition) is 0. The Balaban J connectivity index is 1.67. The molecular weight excluding hydrogens is 444 g/mol. The second-order valence-corrected chi connectivity index (χ2v) is 9.97. The second-order valence-electron chi connectivity index (χ2n) is 7.66. The third-order valence-electron chi connectivity index (χ3n) is 5.13. The standard InChI is InChI=1S/C21H25ClN2O6S/c1-15-5-3-9-24(12-15)31(27,28)19-11-16(7-8-18(19)22)21(26)30-14-20(25)23(2)13-17-6-4-10-29-17/h4,6-8,10-11,15H,3,5,9,12-14H2,1-2H3. The van der Waals surface area contributed by atoms with Gasteiger partial charge in [-0.2, -0.15) is 4.31 Å². The third kappa shape index (κ3) is 5.66. The summed E-state index contributed by atoms with van der Waals surface area (Å²) in [6, 6.07) is 7.37. The van der Waals surface area contributed by atoms with Crippen molar-refractivity contribution in [3.05, 3.63) is 52.9 Å². The van der Waals surface area contributed by atoms with Gasteiger partial charge >= 0.3 is 5.97 Å². The van der Waals surface area contributed by atoms with E-state index in [4.69, 9.17) is 20.8 Å². The van der Waals surface area contributed by atoms with E-state index in [9.17, 15) is 18.0 Å². The van der Waals surface area contributed by atoms with Gasteiger partial charge in [-0.3, -0.25) is 4.79 Å². The number of ether oxygens (including phenoxy) is 1. The largest absolute Gasteiger partial charge is 0.467 e. The van der Waals surface area contributed by atoms with Crippen molar-refractivity contribution in [1.82, 2.24) is 9.21 Å². The van der Waals surface area contributed by atoms with Crippen molar-refractivity contribution < 1.29 is 27.2 Å². The van der Waals surface area contributed by atoms with E-state index in [-0.39, 0.29) is 27.9 Å². The topological polar surface area (TPSA) is 97.1 Å². The van der Waals surface area contributed by atoms with Crippen molar-refractivity contribution in [1.29, 1.82) is 0 Å². The van der Waals surface area contributed by atoms with Crippen LogP contribution in [0.4, 0.5) is 0 Å². The van der Waals surface area contributed by atoms with E-state index < -0.39 is 28.5 Å². The van der Waals surface area contributed by atoms with Gasteiger partial charge in [0.1, 0.15) is 10.7 Å². The fourth-order valence-electron chi connectivity index (χ4n) is 3.38. The molecule has 1 aromatic heterocycles. The van der Waals surface area contributed by atoms with Crippen LogP contribution in [-0.2, 0) is 26.1 Å². The lowest BCUT2D eigenvalue weighted by Crippen LogP contribution is -2.39. The number of nitrogens with zero attached hydrogens (tertiary/aromatic N) is 2. The summed E-state index contributed by atoms with van der Waals surface area (Å²) >= 11 is 6.15. The maximum atomic E-state index is 13.1. The molecular formula is C21H25ClN2O6S. The highest BCUT2D eigenvalue weighted by Gasteiger charge is 2.31. The molecule has 3 rings (SSSR count). The van der Waals surface area contributed by atoms with E-state index in [2.05, 4.69) is 0 Å². The van der Waals surface area contributed by atoms with E-state index >= 15 is 0 Å². The molecule has 1 atom stereocenters. The first-order chi connectivity index (χ1) is 14.7. The molecule has 168 valence electrons. The van der Waals surface area contributed by atoms with Gasteiger partial charge in [0.2, 0.25) is 10.0 Å². The van der Waals surface area contributed by atoms with Crippen LogP contribution in [-0.4, -0.2) is 56.2 Å². The summed E-state index contributed by atoms with van der Waals surface area (Å²) in [7, 11) is -2.29. The van der Waals surface area contributed by atoms with Gasteiger partial charge in [-0.05, 0) is 49.1 Å². The highest BCUT2D eigenvalue weighted by atomic mass is 35.5. The zero-order valence-electron chi connectivity index (χ0n) is 17.4. The van der Waals surface area contributed by atoms with E-state index in [0.29, 0.717) is 18.8 Å². The Bertz CT molecular complexity index is 1040. The average molecular weight is 469 g/mol. The maximum Gasteiger partial charge on any atom is 0.338 e. The molecule has 0 spiro atoms. The van der Waals surface area contributed by atoms with E-state index in [1.807, 2.05) is 6.92 Å². The summed E-state index contributed by atoms with van der Waals surface area (Å²) in [5.41, 5.74) is 0.00882. The summed E-state index contributed by atoms with van der Waals surface area (Å²) in [5.74, 6) is -0.380. The lowest BCUT2D eigenvalue weighted by molar-refractivity contribution is -0.133. The lowest BCUT2D eigenvalue weighted by atomic mass is 10.0. The van der Waals surface area contributed by atoms with Crippen LogP contribution in [0, 0.1) is 5.92 Å².